The van der Waals surface area contributed by atoms with Crippen LogP contribution in [0.4, 0.5) is 13.2 Å². The highest BCUT2D eigenvalue weighted by Gasteiger charge is 2.44. The molecule has 0 aliphatic carbocycles. The van der Waals surface area contributed by atoms with Crippen molar-refractivity contribution in [3.8, 4) is 5.75 Å². The average molecular weight is 585 g/mol. The number of nitrogens with two attached hydrogens (primary N) is 1. The number of hydroxylamine groups is 1. The number of aryl methyl sites for hydroxylation is 2. The van der Waals surface area contributed by atoms with Gasteiger partial charge in [-0.2, -0.15) is 23.0 Å². The summed E-state index contributed by atoms with van der Waals surface area (Å²) in [4.78, 5) is 28.0. The molecular formula is C20H24ClF3N6O7S. The molecule has 18 heteroatoms. The molecule has 5 N–H and O–H groups in total. The Bertz CT molecular complexity index is 1270. The fourth-order valence-electron chi connectivity index (χ4n) is 2.96. The molecule has 0 saturated carbocycles. The van der Waals surface area contributed by atoms with Gasteiger partial charge in [0, 0.05) is 13.5 Å². The molecule has 0 unspecified atom stereocenters. The molecule has 0 aliphatic heterocycles. The lowest BCUT2D eigenvalue weighted by Gasteiger charge is -2.18. The number of nitrogens with one attached hydrogen (secondary N) is 3. The van der Waals surface area contributed by atoms with E-state index in [1.54, 1.807) is 0 Å². The van der Waals surface area contributed by atoms with Crippen LogP contribution in [0.25, 0.3) is 0 Å². The summed E-state index contributed by atoms with van der Waals surface area (Å²) in [6.07, 6.45) is -5.53. The summed E-state index contributed by atoms with van der Waals surface area (Å²) in [7, 11) is -3.23. The highest BCUT2D eigenvalue weighted by molar-refractivity contribution is 7.89. The molecule has 0 amide bonds. The number of ether oxygens (including phenoxy) is 2. The van der Waals surface area contributed by atoms with Gasteiger partial charge in [0.05, 0.1) is 18.9 Å². The molecular weight excluding hydrogens is 561 g/mol. The molecule has 0 aliphatic rings. The lowest BCUT2D eigenvalue weighted by molar-refractivity contribution is -0.202. The number of alkyl halides is 3. The van der Waals surface area contributed by atoms with Crippen molar-refractivity contribution in [1.82, 2.24) is 20.0 Å². The molecule has 1 heterocycles. The van der Waals surface area contributed by atoms with Crippen LogP contribution < -0.4 is 20.7 Å². The van der Waals surface area contributed by atoms with Gasteiger partial charge in [-0.25, -0.2) is 23.5 Å². The Hall–Kier alpha value is -3.41. The predicted octanol–water partition coefficient (Wildman–Crippen LogP) is 1.09. The molecule has 1 aromatic heterocycles. The minimum absolute atomic E-state index is 0.0348. The Morgan fingerprint density at radius 2 is 1.87 bits per heavy atom. The first-order valence-electron chi connectivity index (χ1n) is 10.6. The van der Waals surface area contributed by atoms with Crippen LogP contribution in [0.2, 0.25) is 5.15 Å². The summed E-state index contributed by atoms with van der Waals surface area (Å²) in [6, 6.07) is 3.89. The van der Waals surface area contributed by atoms with Gasteiger partial charge in [0.2, 0.25) is 16.0 Å². The van der Waals surface area contributed by atoms with Gasteiger partial charge in [-0.3, -0.25) is 14.9 Å². The van der Waals surface area contributed by atoms with Gasteiger partial charge in [-0.05, 0) is 31.0 Å². The van der Waals surface area contributed by atoms with E-state index in [4.69, 9.17) is 32.3 Å². The Kier molecular flexibility index (Phi) is 10.5. The number of aromatic nitrogens is 2. The van der Waals surface area contributed by atoms with Gasteiger partial charge in [0.25, 0.3) is 0 Å². The molecule has 0 radical (unpaired) electrons. The lowest BCUT2D eigenvalue weighted by atomic mass is 10.1. The van der Waals surface area contributed by atoms with Gasteiger partial charge in [0.15, 0.2) is 0 Å². The number of rotatable bonds is 12. The Balaban J connectivity index is 2.16. The summed E-state index contributed by atoms with van der Waals surface area (Å²) >= 11 is 5.99. The van der Waals surface area contributed by atoms with E-state index in [1.165, 1.54) is 38.2 Å². The maximum Gasteiger partial charge on any atom is 0.491 e. The molecule has 1 atom stereocenters. The van der Waals surface area contributed by atoms with E-state index in [0.717, 1.165) is 4.68 Å². The van der Waals surface area contributed by atoms with Gasteiger partial charge < -0.3 is 15.2 Å². The molecule has 0 saturated heterocycles. The second-order valence-corrected chi connectivity index (χ2v) is 9.63. The fourth-order valence-corrected chi connectivity index (χ4v) is 4.90. The number of carbonyl (C=O) groups excluding carboxylic acids is 2. The van der Waals surface area contributed by atoms with Crippen molar-refractivity contribution in [2.24, 2.45) is 12.8 Å². The number of hydrogen-bond donors (Lipinski definition) is 4. The number of benzene rings is 1. The van der Waals surface area contributed by atoms with E-state index in [-0.39, 0.29) is 30.0 Å². The number of hydrogen-bond acceptors (Lipinski definition) is 9. The zero-order valence-electron chi connectivity index (χ0n) is 20.0. The molecule has 0 spiro atoms. The molecule has 2 aromatic rings. The largest absolute Gasteiger partial charge is 0.494 e. The van der Waals surface area contributed by atoms with E-state index < -0.39 is 45.5 Å². The minimum Gasteiger partial charge on any atom is -0.494 e. The number of carbonyl (C=O) groups is 2. The topological polar surface area (TPSA) is 188 Å². The van der Waals surface area contributed by atoms with Crippen molar-refractivity contribution in [3.63, 3.8) is 0 Å². The summed E-state index contributed by atoms with van der Waals surface area (Å²) in [5.41, 5.74) is 7.48. The van der Waals surface area contributed by atoms with Crippen LogP contribution in [0.5, 0.6) is 5.75 Å². The number of sulfonamides is 1. The van der Waals surface area contributed by atoms with E-state index >= 15 is 0 Å². The number of esters is 2. The van der Waals surface area contributed by atoms with Crippen LogP contribution in [0.15, 0.2) is 29.2 Å². The first-order valence-corrected chi connectivity index (χ1v) is 12.5. The number of guanidine groups is 1. The zero-order chi connectivity index (χ0) is 28.7. The van der Waals surface area contributed by atoms with Crippen LogP contribution in [0.3, 0.4) is 0 Å². The van der Waals surface area contributed by atoms with Crippen molar-refractivity contribution >= 4 is 39.5 Å². The fraction of sp³-hybridized carbons (Fsp3) is 0.400. The van der Waals surface area contributed by atoms with Crippen molar-refractivity contribution in [2.75, 3.05) is 13.2 Å². The third-order valence-corrected chi connectivity index (χ3v) is 6.75. The molecule has 13 nitrogen and oxygen atoms in total. The molecule has 2 rings (SSSR count). The first kappa shape index (κ1) is 30.8. The van der Waals surface area contributed by atoms with Crippen LogP contribution in [0.1, 0.15) is 17.7 Å². The third-order valence-electron chi connectivity index (χ3n) is 4.58. The average Bonchev–Trinajstić information content (AvgIpc) is 3.07. The van der Waals surface area contributed by atoms with Crippen molar-refractivity contribution in [1.29, 1.82) is 5.41 Å². The monoisotopic (exact) mass is 584 g/mol. The molecule has 0 bridgehead atoms. The molecule has 0 fully saturated rings. The standard InChI is InChI=1S/C20H24ClF3N6O7S/c1-11-15(16(21)30(2)27-11)38(33,34)29-14(17(31)37-18(32)20(22,23)24)10-12-4-6-13(7-5-12)35-8-3-9-36-28-19(25)26/h4-7,14,29H,3,8-10H2,1-2H3,(H4,25,26,28)/t14-/m0/s1. The van der Waals surface area contributed by atoms with Crippen molar-refractivity contribution < 1.29 is 45.5 Å². The second-order valence-electron chi connectivity index (χ2n) is 7.62. The zero-order valence-corrected chi connectivity index (χ0v) is 21.5. The Labute approximate surface area is 219 Å². The van der Waals surface area contributed by atoms with E-state index in [1.807, 2.05) is 4.72 Å². The van der Waals surface area contributed by atoms with Gasteiger partial charge in [-0.15, -0.1) is 0 Å². The van der Waals surface area contributed by atoms with Crippen molar-refractivity contribution in [3.05, 3.63) is 40.7 Å². The quantitative estimate of drug-likeness (QED) is 0.0702. The smallest absolute Gasteiger partial charge is 0.491 e. The molecule has 1 aromatic carbocycles. The highest BCUT2D eigenvalue weighted by Crippen LogP contribution is 2.25. The predicted molar refractivity (Wildman–Crippen MR) is 125 cm³/mol. The summed E-state index contributed by atoms with van der Waals surface area (Å²) in [5, 5.41) is 10.5. The summed E-state index contributed by atoms with van der Waals surface area (Å²) in [6.45, 7) is 1.74. The molecule has 38 heavy (non-hydrogen) atoms. The van der Waals surface area contributed by atoms with E-state index in [2.05, 4.69) is 15.3 Å². The van der Waals surface area contributed by atoms with Gasteiger partial charge in [0.1, 0.15) is 21.8 Å². The minimum atomic E-state index is -5.48. The van der Waals surface area contributed by atoms with Crippen LogP contribution >= 0.6 is 11.6 Å². The van der Waals surface area contributed by atoms with Crippen LogP contribution in [-0.4, -0.2) is 61.5 Å². The molecule has 210 valence electrons. The summed E-state index contributed by atoms with van der Waals surface area (Å²) in [5.74, 6) is -4.54. The van der Waals surface area contributed by atoms with Gasteiger partial charge in [-0.1, -0.05) is 23.7 Å². The van der Waals surface area contributed by atoms with Crippen LogP contribution in [-0.2, 0) is 42.7 Å². The van der Waals surface area contributed by atoms with Crippen molar-refractivity contribution in [2.45, 2.75) is 36.9 Å². The maximum atomic E-state index is 12.9. The lowest BCUT2D eigenvalue weighted by Crippen LogP contribution is -2.45. The van der Waals surface area contributed by atoms with Crippen LogP contribution in [0, 0.1) is 12.3 Å². The van der Waals surface area contributed by atoms with E-state index in [0.29, 0.717) is 17.7 Å². The summed E-state index contributed by atoms with van der Waals surface area (Å²) < 4.78 is 76.1. The highest BCUT2D eigenvalue weighted by atomic mass is 35.5. The number of halogens is 4. The normalized spacial score (nSPS) is 12.6. The van der Waals surface area contributed by atoms with E-state index in [9.17, 15) is 31.2 Å². The first-order chi connectivity index (χ1) is 17.6. The van der Waals surface area contributed by atoms with Gasteiger partial charge >= 0.3 is 18.1 Å². The third kappa shape index (κ3) is 8.86. The second kappa shape index (κ2) is 12.9. The maximum absolute atomic E-state index is 12.9. The number of nitrogens with zero attached hydrogens (tertiary/aromatic N) is 2. The Morgan fingerprint density at radius 3 is 2.39 bits per heavy atom. The Morgan fingerprint density at radius 1 is 1.24 bits per heavy atom. The SMILES string of the molecule is Cc1nn(C)c(Cl)c1S(=O)(=O)N[C@@H](Cc1ccc(OCCCONC(=N)N)cc1)C(=O)OC(=O)C(F)(F)F.